The smallest absolute Gasteiger partial charge is 0.238 e. The standard InChI is InChI=1S/C17H21ClN4O2S.HI/c1-2-20-17(21-11-13-6-8-15(18)9-7-13)22-12-14-4-3-5-16(10-14)25(19,23)24;/h3-10H,2,11-12H2,1H3,(H2,19,23,24)(H2,20,21,22);1H. The van der Waals surface area contributed by atoms with E-state index in [0.29, 0.717) is 30.6 Å². The second-order valence-electron chi connectivity index (χ2n) is 5.37. The maximum atomic E-state index is 11.4. The van der Waals surface area contributed by atoms with Gasteiger partial charge in [-0.2, -0.15) is 0 Å². The largest absolute Gasteiger partial charge is 0.357 e. The third kappa shape index (κ3) is 7.48. The molecular formula is C17H22ClIN4O2S. The van der Waals surface area contributed by atoms with Gasteiger partial charge < -0.3 is 10.6 Å². The van der Waals surface area contributed by atoms with E-state index >= 15 is 0 Å². The van der Waals surface area contributed by atoms with Gasteiger partial charge in [0.25, 0.3) is 0 Å². The highest BCUT2D eigenvalue weighted by molar-refractivity contribution is 14.0. The molecule has 0 aliphatic carbocycles. The number of guanidine groups is 1. The van der Waals surface area contributed by atoms with Crippen molar-refractivity contribution in [3.8, 4) is 0 Å². The Labute approximate surface area is 176 Å². The number of hydrogen-bond donors (Lipinski definition) is 3. The van der Waals surface area contributed by atoms with Crippen molar-refractivity contribution in [3.63, 3.8) is 0 Å². The summed E-state index contributed by atoms with van der Waals surface area (Å²) < 4.78 is 22.8. The lowest BCUT2D eigenvalue weighted by Crippen LogP contribution is -2.36. The summed E-state index contributed by atoms with van der Waals surface area (Å²) in [5, 5.41) is 12.2. The van der Waals surface area contributed by atoms with Crippen LogP contribution in [0.2, 0.25) is 5.02 Å². The maximum absolute atomic E-state index is 11.4. The molecule has 4 N–H and O–H groups in total. The Kier molecular flexibility index (Phi) is 9.34. The minimum Gasteiger partial charge on any atom is -0.357 e. The highest BCUT2D eigenvalue weighted by atomic mass is 127. The van der Waals surface area contributed by atoms with Crippen LogP contribution in [-0.4, -0.2) is 20.9 Å². The fourth-order valence-electron chi connectivity index (χ4n) is 2.12. The number of sulfonamides is 1. The molecule has 2 aromatic carbocycles. The summed E-state index contributed by atoms with van der Waals surface area (Å²) in [7, 11) is -3.71. The minimum absolute atomic E-state index is 0. The van der Waals surface area contributed by atoms with Gasteiger partial charge in [-0.1, -0.05) is 35.9 Å². The van der Waals surface area contributed by atoms with Gasteiger partial charge in [-0.25, -0.2) is 18.5 Å². The highest BCUT2D eigenvalue weighted by Crippen LogP contribution is 2.11. The Morgan fingerprint density at radius 3 is 2.42 bits per heavy atom. The lowest BCUT2D eigenvalue weighted by Gasteiger charge is -2.11. The number of primary sulfonamides is 1. The van der Waals surface area contributed by atoms with Crippen molar-refractivity contribution < 1.29 is 8.42 Å². The molecule has 0 amide bonds. The Bertz CT molecular complexity index is 842. The molecule has 2 rings (SSSR count). The summed E-state index contributed by atoms with van der Waals surface area (Å²) in [6, 6.07) is 14.0. The zero-order chi connectivity index (χ0) is 18.3. The third-order valence-corrected chi connectivity index (χ3v) is 4.53. The summed E-state index contributed by atoms with van der Waals surface area (Å²) in [5.74, 6) is 0.637. The van der Waals surface area contributed by atoms with Crippen LogP contribution in [0.4, 0.5) is 0 Å². The van der Waals surface area contributed by atoms with Gasteiger partial charge in [-0.15, -0.1) is 24.0 Å². The van der Waals surface area contributed by atoms with Crippen LogP contribution in [0.1, 0.15) is 18.1 Å². The van der Waals surface area contributed by atoms with Gasteiger partial charge in [0.1, 0.15) is 0 Å². The number of halogens is 2. The second kappa shape index (κ2) is 10.7. The zero-order valence-electron chi connectivity index (χ0n) is 14.3. The maximum Gasteiger partial charge on any atom is 0.238 e. The SMILES string of the molecule is CCNC(=NCc1cccc(S(N)(=O)=O)c1)NCc1ccc(Cl)cc1.I. The fourth-order valence-corrected chi connectivity index (χ4v) is 2.83. The molecule has 0 spiro atoms. The topological polar surface area (TPSA) is 96.6 Å². The van der Waals surface area contributed by atoms with Crippen molar-refractivity contribution in [1.29, 1.82) is 0 Å². The van der Waals surface area contributed by atoms with E-state index in [1.165, 1.54) is 12.1 Å². The van der Waals surface area contributed by atoms with E-state index < -0.39 is 10.0 Å². The quantitative estimate of drug-likeness (QED) is 0.318. The fraction of sp³-hybridized carbons (Fsp3) is 0.235. The van der Waals surface area contributed by atoms with Gasteiger partial charge in [0.2, 0.25) is 10.0 Å². The van der Waals surface area contributed by atoms with Gasteiger partial charge in [-0.05, 0) is 42.3 Å². The molecule has 26 heavy (non-hydrogen) atoms. The molecule has 0 radical (unpaired) electrons. The zero-order valence-corrected chi connectivity index (χ0v) is 18.2. The van der Waals surface area contributed by atoms with Gasteiger partial charge in [0.05, 0.1) is 11.4 Å². The van der Waals surface area contributed by atoms with Gasteiger partial charge in [0, 0.05) is 18.1 Å². The second-order valence-corrected chi connectivity index (χ2v) is 7.37. The van der Waals surface area contributed by atoms with Crippen LogP contribution < -0.4 is 15.8 Å². The number of rotatable bonds is 6. The van der Waals surface area contributed by atoms with Crippen molar-refractivity contribution >= 4 is 51.6 Å². The lowest BCUT2D eigenvalue weighted by molar-refractivity contribution is 0.597. The molecule has 0 atom stereocenters. The van der Waals surface area contributed by atoms with E-state index in [2.05, 4.69) is 15.6 Å². The lowest BCUT2D eigenvalue weighted by atomic mass is 10.2. The van der Waals surface area contributed by atoms with E-state index in [4.69, 9.17) is 16.7 Å². The Hall–Kier alpha value is -1.36. The van der Waals surface area contributed by atoms with E-state index in [0.717, 1.165) is 11.1 Å². The van der Waals surface area contributed by atoms with Crippen LogP contribution in [0.15, 0.2) is 58.4 Å². The number of benzene rings is 2. The van der Waals surface area contributed by atoms with E-state index in [1.54, 1.807) is 12.1 Å². The van der Waals surface area contributed by atoms with Gasteiger partial charge in [-0.3, -0.25) is 0 Å². The number of nitrogens with zero attached hydrogens (tertiary/aromatic N) is 1. The molecule has 0 bridgehead atoms. The van der Waals surface area contributed by atoms with Gasteiger partial charge in [0.15, 0.2) is 5.96 Å². The molecule has 9 heteroatoms. The average Bonchev–Trinajstić information content (AvgIpc) is 2.58. The molecule has 142 valence electrons. The van der Waals surface area contributed by atoms with Crippen LogP contribution in [0.25, 0.3) is 0 Å². The Balaban J connectivity index is 0.00000338. The molecule has 0 unspecified atom stereocenters. The van der Waals surface area contributed by atoms with E-state index in [9.17, 15) is 8.42 Å². The van der Waals surface area contributed by atoms with Crippen molar-refractivity contribution in [1.82, 2.24) is 10.6 Å². The molecule has 0 saturated heterocycles. The first-order valence-electron chi connectivity index (χ1n) is 7.77. The molecule has 2 aromatic rings. The molecular weight excluding hydrogens is 487 g/mol. The minimum atomic E-state index is -3.71. The van der Waals surface area contributed by atoms with Crippen molar-refractivity contribution in [2.45, 2.75) is 24.9 Å². The summed E-state index contributed by atoms with van der Waals surface area (Å²) in [5.41, 5.74) is 1.83. The summed E-state index contributed by atoms with van der Waals surface area (Å²) in [4.78, 5) is 4.55. The molecule has 0 fully saturated rings. The van der Waals surface area contributed by atoms with Crippen LogP contribution in [-0.2, 0) is 23.1 Å². The number of aliphatic imine (C=N–C) groups is 1. The molecule has 0 saturated carbocycles. The van der Waals surface area contributed by atoms with Crippen LogP contribution in [0, 0.1) is 0 Å². The third-order valence-electron chi connectivity index (χ3n) is 3.36. The Morgan fingerprint density at radius 1 is 1.12 bits per heavy atom. The highest BCUT2D eigenvalue weighted by Gasteiger charge is 2.07. The predicted molar refractivity (Wildman–Crippen MR) is 116 cm³/mol. The van der Waals surface area contributed by atoms with Crippen molar-refractivity contribution in [2.75, 3.05) is 6.54 Å². The van der Waals surface area contributed by atoms with Crippen LogP contribution in [0.3, 0.4) is 0 Å². The molecule has 0 aliphatic heterocycles. The van der Waals surface area contributed by atoms with Crippen molar-refractivity contribution in [3.05, 3.63) is 64.7 Å². The normalized spacial score (nSPS) is 11.6. The van der Waals surface area contributed by atoms with Crippen LogP contribution >= 0.6 is 35.6 Å². The molecule has 6 nitrogen and oxygen atoms in total. The van der Waals surface area contributed by atoms with E-state index in [-0.39, 0.29) is 28.9 Å². The predicted octanol–water partition coefficient (Wildman–Crippen LogP) is 2.86. The number of hydrogen-bond acceptors (Lipinski definition) is 3. The average molecular weight is 509 g/mol. The summed E-state index contributed by atoms with van der Waals surface area (Å²) in [6.45, 7) is 3.62. The summed E-state index contributed by atoms with van der Waals surface area (Å²) >= 11 is 5.88. The van der Waals surface area contributed by atoms with Crippen molar-refractivity contribution in [2.24, 2.45) is 10.1 Å². The first-order chi connectivity index (χ1) is 11.9. The first kappa shape index (κ1) is 22.7. The molecule has 0 aliphatic rings. The van der Waals surface area contributed by atoms with E-state index in [1.807, 2.05) is 31.2 Å². The first-order valence-corrected chi connectivity index (χ1v) is 9.69. The van der Waals surface area contributed by atoms with Crippen LogP contribution in [0.5, 0.6) is 0 Å². The summed E-state index contributed by atoms with van der Waals surface area (Å²) in [6.07, 6.45) is 0. The molecule has 0 heterocycles. The monoisotopic (exact) mass is 508 g/mol. The number of nitrogens with two attached hydrogens (primary N) is 1. The number of nitrogens with one attached hydrogen (secondary N) is 2. The molecule has 0 aromatic heterocycles. The van der Waals surface area contributed by atoms with Gasteiger partial charge >= 0.3 is 0 Å². The Morgan fingerprint density at radius 2 is 1.81 bits per heavy atom.